The Bertz CT molecular complexity index is 368. The number of hydrogen-bond acceptors (Lipinski definition) is 4. The first kappa shape index (κ1) is 16.2. The topological polar surface area (TPSA) is 122 Å². The first-order chi connectivity index (χ1) is 9.40. The Hall–Kier alpha value is -1.83. The van der Waals surface area contributed by atoms with Crippen molar-refractivity contribution in [3.8, 4) is 0 Å². The van der Waals surface area contributed by atoms with E-state index in [1.54, 1.807) is 7.05 Å². The van der Waals surface area contributed by atoms with Gasteiger partial charge in [-0.15, -0.1) is 0 Å². The second-order valence-corrected chi connectivity index (χ2v) is 4.95. The minimum atomic E-state index is -1.29. The molecule has 1 saturated heterocycles. The molecule has 0 saturated carbocycles. The number of carbonyl (C=O) groups is 3. The van der Waals surface area contributed by atoms with E-state index >= 15 is 0 Å². The summed E-state index contributed by atoms with van der Waals surface area (Å²) in [5.41, 5.74) is 4.95. The zero-order valence-corrected chi connectivity index (χ0v) is 11.5. The smallest absolute Gasteiger partial charge is 0.326 e. The van der Waals surface area contributed by atoms with E-state index in [-0.39, 0.29) is 0 Å². The Morgan fingerprint density at radius 3 is 2.50 bits per heavy atom. The molecule has 8 heteroatoms. The van der Waals surface area contributed by atoms with Crippen molar-refractivity contribution in [2.24, 2.45) is 11.7 Å². The normalized spacial score (nSPS) is 17.2. The molecule has 0 aliphatic carbocycles. The van der Waals surface area contributed by atoms with Gasteiger partial charge in [-0.1, -0.05) is 0 Å². The summed E-state index contributed by atoms with van der Waals surface area (Å²) >= 11 is 0. The number of nitrogens with two attached hydrogens (primary N) is 1. The van der Waals surface area contributed by atoms with Crippen LogP contribution in [0.1, 0.15) is 19.3 Å². The third kappa shape index (κ3) is 5.43. The van der Waals surface area contributed by atoms with Crippen LogP contribution in [0.15, 0.2) is 0 Å². The number of hydrogen-bond donors (Lipinski definition) is 3. The van der Waals surface area contributed by atoms with Crippen LogP contribution in [0.4, 0.5) is 4.79 Å². The predicted molar refractivity (Wildman–Crippen MR) is 69.9 cm³/mol. The average Bonchev–Trinajstić information content (AvgIpc) is 2.38. The molecule has 8 nitrogen and oxygen atoms in total. The lowest BCUT2D eigenvalue weighted by Gasteiger charge is -2.28. The van der Waals surface area contributed by atoms with E-state index in [9.17, 15) is 14.4 Å². The molecule has 1 heterocycles. The van der Waals surface area contributed by atoms with Crippen LogP contribution in [-0.4, -0.2) is 60.8 Å². The zero-order chi connectivity index (χ0) is 15.1. The summed E-state index contributed by atoms with van der Waals surface area (Å²) in [5.74, 6) is -1.71. The van der Waals surface area contributed by atoms with Gasteiger partial charge in [-0.25, -0.2) is 9.59 Å². The molecule has 0 unspecified atom stereocenters. The Morgan fingerprint density at radius 1 is 1.40 bits per heavy atom. The Kier molecular flexibility index (Phi) is 6.23. The third-order valence-corrected chi connectivity index (χ3v) is 3.22. The number of carboxylic acids is 1. The van der Waals surface area contributed by atoms with Crippen LogP contribution in [0, 0.1) is 5.92 Å². The zero-order valence-electron chi connectivity index (χ0n) is 11.5. The van der Waals surface area contributed by atoms with Crippen LogP contribution in [0.3, 0.4) is 0 Å². The molecule has 3 amide bonds. The molecule has 1 aliphatic rings. The van der Waals surface area contributed by atoms with Gasteiger partial charge in [0.1, 0.15) is 6.04 Å². The first-order valence-electron chi connectivity index (χ1n) is 6.50. The van der Waals surface area contributed by atoms with Gasteiger partial charge in [-0.3, -0.25) is 4.79 Å². The maximum absolute atomic E-state index is 11.9. The van der Waals surface area contributed by atoms with E-state index < -0.39 is 30.4 Å². The van der Waals surface area contributed by atoms with Crippen LogP contribution >= 0.6 is 0 Å². The van der Waals surface area contributed by atoms with E-state index in [0.29, 0.717) is 25.7 Å². The SMILES string of the molecule is CN(CC1CCOCC1)C(=O)N[C@@H](CC(N)=O)C(=O)O. The van der Waals surface area contributed by atoms with Crippen LogP contribution in [0.5, 0.6) is 0 Å². The van der Waals surface area contributed by atoms with Crippen molar-refractivity contribution < 1.29 is 24.2 Å². The van der Waals surface area contributed by atoms with Gasteiger partial charge in [-0.2, -0.15) is 0 Å². The van der Waals surface area contributed by atoms with E-state index in [4.69, 9.17) is 15.6 Å². The highest BCUT2D eigenvalue weighted by atomic mass is 16.5. The Labute approximate surface area is 117 Å². The van der Waals surface area contributed by atoms with Gasteiger partial charge in [0.2, 0.25) is 5.91 Å². The molecule has 1 fully saturated rings. The number of carbonyl (C=O) groups excluding carboxylic acids is 2. The monoisotopic (exact) mass is 287 g/mol. The summed E-state index contributed by atoms with van der Waals surface area (Å²) in [4.78, 5) is 35.0. The Morgan fingerprint density at radius 2 is 2.00 bits per heavy atom. The molecule has 1 rings (SSSR count). The number of urea groups is 1. The molecule has 0 aromatic rings. The van der Waals surface area contributed by atoms with Crippen molar-refractivity contribution in [3.63, 3.8) is 0 Å². The number of ether oxygens (including phenoxy) is 1. The second kappa shape index (κ2) is 7.68. The summed E-state index contributed by atoms with van der Waals surface area (Å²) in [6, 6.07) is -1.82. The summed E-state index contributed by atoms with van der Waals surface area (Å²) in [7, 11) is 1.59. The highest BCUT2D eigenvalue weighted by Gasteiger charge is 2.25. The fourth-order valence-electron chi connectivity index (χ4n) is 2.06. The van der Waals surface area contributed by atoms with Gasteiger partial charge in [0.15, 0.2) is 0 Å². The fourth-order valence-corrected chi connectivity index (χ4v) is 2.06. The minimum absolute atomic E-state index is 0.346. The lowest BCUT2D eigenvalue weighted by atomic mass is 10.00. The molecular weight excluding hydrogens is 266 g/mol. The third-order valence-electron chi connectivity index (χ3n) is 3.22. The second-order valence-electron chi connectivity index (χ2n) is 4.95. The quantitative estimate of drug-likeness (QED) is 0.601. The molecule has 1 aliphatic heterocycles. The van der Waals surface area contributed by atoms with Crippen molar-refractivity contribution in [1.29, 1.82) is 0 Å². The number of nitrogens with one attached hydrogen (secondary N) is 1. The van der Waals surface area contributed by atoms with E-state index in [1.165, 1.54) is 4.90 Å². The van der Waals surface area contributed by atoms with E-state index in [1.807, 2.05) is 0 Å². The number of carboxylic acid groups (broad SMARTS) is 1. The lowest BCUT2D eigenvalue weighted by Crippen LogP contribution is -2.49. The van der Waals surface area contributed by atoms with Crippen LogP contribution in [0.2, 0.25) is 0 Å². The van der Waals surface area contributed by atoms with Crippen LogP contribution in [-0.2, 0) is 14.3 Å². The first-order valence-corrected chi connectivity index (χ1v) is 6.50. The largest absolute Gasteiger partial charge is 0.480 e. The number of aliphatic carboxylic acids is 1. The maximum atomic E-state index is 11.9. The molecule has 4 N–H and O–H groups in total. The van der Waals surface area contributed by atoms with Gasteiger partial charge < -0.3 is 25.8 Å². The summed E-state index contributed by atoms with van der Waals surface area (Å²) in [5, 5.41) is 11.2. The highest BCUT2D eigenvalue weighted by Crippen LogP contribution is 2.15. The maximum Gasteiger partial charge on any atom is 0.326 e. The van der Waals surface area contributed by atoms with Gasteiger partial charge >= 0.3 is 12.0 Å². The van der Waals surface area contributed by atoms with Crippen molar-refractivity contribution >= 4 is 17.9 Å². The molecule has 0 aromatic carbocycles. The number of primary amides is 1. The highest BCUT2D eigenvalue weighted by molar-refractivity contribution is 5.87. The molecule has 0 bridgehead atoms. The van der Waals surface area contributed by atoms with Gasteiger partial charge in [0.05, 0.1) is 6.42 Å². The Balaban J connectivity index is 2.45. The molecule has 0 aromatic heterocycles. The lowest BCUT2D eigenvalue weighted by molar-refractivity contribution is -0.140. The molecule has 0 spiro atoms. The number of rotatable bonds is 6. The van der Waals surface area contributed by atoms with Gasteiger partial charge in [0, 0.05) is 26.8 Å². The fraction of sp³-hybridized carbons (Fsp3) is 0.750. The van der Waals surface area contributed by atoms with Crippen LogP contribution < -0.4 is 11.1 Å². The summed E-state index contributed by atoms with van der Waals surface area (Å²) in [6.45, 7) is 1.89. The van der Waals surface area contributed by atoms with Gasteiger partial charge in [-0.05, 0) is 18.8 Å². The number of amides is 3. The molecule has 20 heavy (non-hydrogen) atoms. The van der Waals surface area contributed by atoms with Crippen molar-refractivity contribution in [3.05, 3.63) is 0 Å². The average molecular weight is 287 g/mol. The summed E-state index contributed by atoms with van der Waals surface area (Å²) < 4.78 is 5.23. The predicted octanol–water partition coefficient (Wildman–Crippen LogP) is -0.617. The van der Waals surface area contributed by atoms with Crippen LogP contribution in [0.25, 0.3) is 0 Å². The van der Waals surface area contributed by atoms with Gasteiger partial charge in [0.25, 0.3) is 0 Å². The van der Waals surface area contributed by atoms with E-state index in [0.717, 1.165) is 12.8 Å². The molecule has 0 radical (unpaired) electrons. The summed E-state index contributed by atoms with van der Waals surface area (Å²) in [6.07, 6.45) is 1.33. The molecule has 1 atom stereocenters. The standard InChI is InChI=1S/C12H21N3O5/c1-15(7-8-2-4-20-5-3-8)12(19)14-9(11(17)18)6-10(13)16/h8-9H,2-7H2,1H3,(H2,13,16)(H,14,19)(H,17,18)/t9-/m0/s1. The van der Waals surface area contributed by atoms with Crippen molar-refractivity contribution in [1.82, 2.24) is 10.2 Å². The number of nitrogens with zero attached hydrogens (tertiary/aromatic N) is 1. The van der Waals surface area contributed by atoms with Crippen molar-refractivity contribution in [2.45, 2.75) is 25.3 Å². The minimum Gasteiger partial charge on any atom is -0.480 e. The van der Waals surface area contributed by atoms with Crippen molar-refractivity contribution in [2.75, 3.05) is 26.8 Å². The molecular formula is C12H21N3O5. The van der Waals surface area contributed by atoms with E-state index in [2.05, 4.69) is 5.32 Å². The molecule has 114 valence electrons.